The Bertz CT molecular complexity index is 673. The number of unbranched alkanes of at least 4 members (excludes halogenated alkanes) is 2. The van der Waals surface area contributed by atoms with Crippen molar-refractivity contribution in [2.45, 2.75) is 25.8 Å². The molecule has 22 heavy (non-hydrogen) atoms. The van der Waals surface area contributed by atoms with Crippen LogP contribution in [0.1, 0.15) is 40.0 Å². The number of anilines is 1. The highest BCUT2D eigenvalue weighted by molar-refractivity contribution is 6.21. The van der Waals surface area contributed by atoms with Crippen LogP contribution in [0.15, 0.2) is 36.7 Å². The van der Waals surface area contributed by atoms with E-state index in [0.717, 1.165) is 25.8 Å². The molecule has 1 aromatic carbocycles. The molecule has 0 spiro atoms. The molecule has 0 fully saturated rings. The normalized spacial score (nSPS) is 13.7. The van der Waals surface area contributed by atoms with Gasteiger partial charge in [-0.1, -0.05) is 12.1 Å². The largest absolute Gasteiger partial charge is 0.396 e. The van der Waals surface area contributed by atoms with Gasteiger partial charge in [-0.15, -0.1) is 0 Å². The molecule has 2 amide bonds. The first-order valence-corrected chi connectivity index (χ1v) is 7.40. The second-order valence-corrected chi connectivity index (χ2v) is 5.40. The summed E-state index contributed by atoms with van der Waals surface area (Å²) in [6, 6.07) is 6.97. The van der Waals surface area contributed by atoms with E-state index in [9.17, 15) is 9.59 Å². The van der Waals surface area contributed by atoms with Gasteiger partial charge >= 0.3 is 0 Å². The summed E-state index contributed by atoms with van der Waals surface area (Å²) in [4.78, 5) is 25.7. The number of imide groups is 1. The molecule has 1 aromatic heterocycles. The Morgan fingerprint density at radius 2 is 1.59 bits per heavy atom. The van der Waals surface area contributed by atoms with Crippen LogP contribution in [0, 0.1) is 0 Å². The number of aryl methyl sites for hydroxylation is 1. The number of nitrogens with two attached hydrogens (primary N) is 1. The molecule has 2 N–H and O–H groups in total. The zero-order valence-corrected chi connectivity index (χ0v) is 12.2. The van der Waals surface area contributed by atoms with Gasteiger partial charge in [0.05, 0.1) is 23.0 Å². The monoisotopic (exact) mass is 298 g/mol. The molecule has 0 saturated heterocycles. The van der Waals surface area contributed by atoms with Gasteiger partial charge in [-0.2, -0.15) is 5.10 Å². The van der Waals surface area contributed by atoms with Crippen LogP contribution < -0.4 is 5.73 Å². The maximum absolute atomic E-state index is 12.2. The van der Waals surface area contributed by atoms with Gasteiger partial charge in [0, 0.05) is 19.3 Å². The third kappa shape index (κ3) is 2.72. The van der Waals surface area contributed by atoms with E-state index in [2.05, 4.69) is 5.10 Å². The predicted octanol–water partition coefficient (Wildman–Crippen LogP) is 1.93. The van der Waals surface area contributed by atoms with Crippen LogP contribution in [0.25, 0.3) is 0 Å². The summed E-state index contributed by atoms with van der Waals surface area (Å²) in [7, 11) is 0. The fraction of sp³-hybridized carbons (Fsp3) is 0.312. The SMILES string of the molecule is Nc1cnn(CCCCCN2C(=O)c3ccccc3C2=O)c1. The minimum absolute atomic E-state index is 0.180. The molecule has 1 aliphatic rings. The lowest BCUT2D eigenvalue weighted by molar-refractivity contribution is 0.0651. The van der Waals surface area contributed by atoms with Gasteiger partial charge in [-0.05, 0) is 31.4 Å². The molecule has 2 heterocycles. The van der Waals surface area contributed by atoms with E-state index >= 15 is 0 Å². The maximum Gasteiger partial charge on any atom is 0.261 e. The van der Waals surface area contributed by atoms with Gasteiger partial charge in [0.1, 0.15) is 0 Å². The highest BCUT2D eigenvalue weighted by Gasteiger charge is 2.34. The Morgan fingerprint density at radius 1 is 0.955 bits per heavy atom. The number of carbonyl (C=O) groups excluding carboxylic acids is 2. The molecular formula is C16H18N4O2. The molecule has 6 nitrogen and oxygen atoms in total. The molecule has 0 aliphatic carbocycles. The van der Waals surface area contributed by atoms with Crippen molar-refractivity contribution in [1.82, 2.24) is 14.7 Å². The first-order valence-electron chi connectivity index (χ1n) is 7.40. The summed E-state index contributed by atoms with van der Waals surface area (Å²) >= 11 is 0. The zero-order chi connectivity index (χ0) is 15.5. The molecule has 6 heteroatoms. The van der Waals surface area contributed by atoms with Crippen molar-refractivity contribution in [3.8, 4) is 0 Å². The summed E-state index contributed by atoms with van der Waals surface area (Å²) in [5, 5.41) is 4.12. The summed E-state index contributed by atoms with van der Waals surface area (Å²) in [6.45, 7) is 1.26. The van der Waals surface area contributed by atoms with Gasteiger partial charge < -0.3 is 5.73 Å². The van der Waals surface area contributed by atoms with E-state index in [-0.39, 0.29) is 11.8 Å². The van der Waals surface area contributed by atoms with Crippen molar-refractivity contribution in [2.75, 3.05) is 12.3 Å². The minimum atomic E-state index is -0.180. The molecule has 0 bridgehead atoms. The van der Waals surface area contributed by atoms with Crippen LogP contribution in [-0.4, -0.2) is 33.0 Å². The minimum Gasteiger partial charge on any atom is -0.396 e. The highest BCUT2D eigenvalue weighted by Crippen LogP contribution is 2.22. The standard InChI is InChI=1S/C16H18N4O2/c17-12-10-18-19(11-12)8-4-1-5-9-20-15(21)13-6-2-3-7-14(13)16(20)22/h2-3,6-7,10-11H,1,4-5,8-9,17H2. The van der Waals surface area contributed by atoms with Crippen molar-refractivity contribution in [3.05, 3.63) is 47.8 Å². The van der Waals surface area contributed by atoms with Crippen LogP contribution in [0.5, 0.6) is 0 Å². The van der Waals surface area contributed by atoms with Gasteiger partial charge in [-0.25, -0.2) is 0 Å². The molecular weight excluding hydrogens is 280 g/mol. The quantitative estimate of drug-likeness (QED) is 0.652. The number of nitrogen functional groups attached to an aromatic ring is 1. The van der Waals surface area contributed by atoms with Crippen LogP contribution in [0.2, 0.25) is 0 Å². The average molecular weight is 298 g/mol. The zero-order valence-electron chi connectivity index (χ0n) is 12.2. The second kappa shape index (κ2) is 6.01. The molecule has 3 rings (SSSR count). The number of benzene rings is 1. The van der Waals surface area contributed by atoms with E-state index in [1.54, 1.807) is 41.3 Å². The first-order chi connectivity index (χ1) is 10.7. The number of fused-ring (bicyclic) bond motifs is 1. The molecule has 0 saturated carbocycles. The van der Waals surface area contributed by atoms with Gasteiger partial charge in [-0.3, -0.25) is 19.2 Å². The van der Waals surface area contributed by atoms with E-state index in [1.165, 1.54) is 4.90 Å². The Labute approximate surface area is 128 Å². The molecule has 114 valence electrons. The van der Waals surface area contributed by atoms with Crippen molar-refractivity contribution in [2.24, 2.45) is 0 Å². The third-order valence-corrected chi connectivity index (χ3v) is 3.80. The predicted molar refractivity (Wildman–Crippen MR) is 82.3 cm³/mol. The number of amides is 2. The first kappa shape index (κ1) is 14.3. The van der Waals surface area contributed by atoms with Crippen LogP contribution in [-0.2, 0) is 6.54 Å². The van der Waals surface area contributed by atoms with Gasteiger partial charge in [0.15, 0.2) is 0 Å². The summed E-state index contributed by atoms with van der Waals surface area (Å²) in [5.74, 6) is -0.360. The number of hydrogen-bond acceptors (Lipinski definition) is 4. The topological polar surface area (TPSA) is 81.2 Å². The lowest BCUT2D eigenvalue weighted by atomic mass is 10.1. The summed E-state index contributed by atoms with van der Waals surface area (Å²) < 4.78 is 1.80. The fourth-order valence-corrected chi connectivity index (χ4v) is 2.66. The van der Waals surface area contributed by atoms with Gasteiger partial charge in [0.25, 0.3) is 11.8 Å². The Balaban J connectivity index is 1.47. The van der Waals surface area contributed by atoms with E-state index < -0.39 is 0 Å². The average Bonchev–Trinajstić information content (AvgIpc) is 3.04. The van der Waals surface area contributed by atoms with Crippen LogP contribution in [0.3, 0.4) is 0 Å². The van der Waals surface area contributed by atoms with E-state index in [4.69, 9.17) is 5.73 Å². The van der Waals surface area contributed by atoms with Crippen molar-refractivity contribution >= 4 is 17.5 Å². The Kier molecular flexibility index (Phi) is 3.91. The summed E-state index contributed by atoms with van der Waals surface area (Å²) in [6.07, 6.45) is 6.07. The fourth-order valence-electron chi connectivity index (χ4n) is 2.66. The maximum atomic E-state index is 12.2. The molecule has 0 unspecified atom stereocenters. The number of rotatable bonds is 6. The van der Waals surface area contributed by atoms with Crippen molar-refractivity contribution in [3.63, 3.8) is 0 Å². The van der Waals surface area contributed by atoms with E-state index in [0.29, 0.717) is 23.4 Å². The second-order valence-electron chi connectivity index (χ2n) is 5.40. The molecule has 0 radical (unpaired) electrons. The van der Waals surface area contributed by atoms with Crippen molar-refractivity contribution < 1.29 is 9.59 Å². The van der Waals surface area contributed by atoms with E-state index in [1.807, 2.05) is 0 Å². The molecule has 2 aromatic rings. The Hall–Kier alpha value is -2.63. The molecule has 0 atom stereocenters. The smallest absolute Gasteiger partial charge is 0.261 e. The lowest BCUT2D eigenvalue weighted by Gasteiger charge is -2.13. The van der Waals surface area contributed by atoms with Crippen LogP contribution in [0.4, 0.5) is 5.69 Å². The number of aromatic nitrogens is 2. The van der Waals surface area contributed by atoms with Gasteiger partial charge in [0.2, 0.25) is 0 Å². The highest BCUT2D eigenvalue weighted by atomic mass is 16.2. The Morgan fingerprint density at radius 3 is 2.18 bits per heavy atom. The summed E-state index contributed by atoms with van der Waals surface area (Å²) in [5.41, 5.74) is 7.28. The molecule has 1 aliphatic heterocycles. The number of hydrogen-bond donors (Lipinski definition) is 1. The van der Waals surface area contributed by atoms with Crippen LogP contribution >= 0.6 is 0 Å². The van der Waals surface area contributed by atoms with Crippen molar-refractivity contribution in [1.29, 1.82) is 0 Å². The third-order valence-electron chi connectivity index (χ3n) is 3.80. The lowest BCUT2D eigenvalue weighted by Crippen LogP contribution is -2.30. The number of carbonyl (C=O) groups is 2. The number of nitrogens with zero attached hydrogens (tertiary/aromatic N) is 3.